The van der Waals surface area contributed by atoms with E-state index < -0.39 is 0 Å². The third-order valence-corrected chi connectivity index (χ3v) is 6.14. The Morgan fingerprint density at radius 2 is 2.15 bits per heavy atom. The third-order valence-electron chi connectivity index (χ3n) is 4.35. The van der Waals surface area contributed by atoms with E-state index in [1.807, 2.05) is 5.38 Å². The predicted octanol–water partition coefficient (Wildman–Crippen LogP) is 3.83. The van der Waals surface area contributed by atoms with Gasteiger partial charge in [-0.15, -0.1) is 22.7 Å². The molecule has 134 valence electrons. The molecule has 4 heterocycles. The Balaban J connectivity index is 1.41. The minimum absolute atomic E-state index is 0.0221. The van der Waals surface area contributed by atoms with Crippen LogP contribution in [-0.2, 0) is 4.79 Å². The van der Waals surface area contributed by atoms with Crippen molar-refractivity contribution >= 4 is 39.7 Å². The molecule has 8 heteroatoms. The summed E-state index contributed by atoms with van der Waals surface area (Å²) in [5.41, 5.74) is 0.923. The van der Waals surface area contributed by atoms with Crippen molar-refractivity contribution in [3.63, 3.8) is 0 Å². The standard InChI is InChI=1S/C18H19N5OS2/c1-12-5-6-15(26-12)14-11-25-18(21-14)22-16(24)13-4-2-9-23(10-13)17-19-7-3-8-20-17/h3,5-8,11,13H,2,4,9-10H2,1H3,(H,21,22,24)/t13-/m1/s1. The van der Waals surface area contributed by atoms with Gasteiger partial charge in [-0.05, 0) is 38.0 Å². The fraction of sp³-hybridized carbons (Fsp3) is 0.333. The van der Waals surface area contributed by atoms with Gasteiger partial charge < -0.3 is 10.2 Å². The van der Waals surface area contributed by atoms with Gasteiger partial charge in [-0.2, -0.15) is 0 Å². The first-order valence-electron chi connectivity index (χ1n) is 8.54. The number of nitrogens with zero attached hydrogens (tertiary/aromatic N) is 4. The van der Waals surface area contributed by atoms with Gasteiger partial charge in [0.25, 0.3) is 0 Å². The average Bonchev–Trinajstić information content (AvgIpc) is 3.31. The molecule has 0 aromatic carbocycles. The molecule has 0 aliphatic carbocycles. The summed E-state index contributed by atoms with van der Waals surface area (Å²) in [6.07, 6.45) is 5.29. The van der Waals surface area contributed by atoms with Gasteiger partial charge in [0, 0.05) is 35.7 Å². The molecule has 0 radical (unpaired) electrons. The van der Waals surface area contributed by atoms with E-state index in [9.17, 15) is 4.79 Å². The van der Waals surface area contributed by atoms with Crippen LogP contribution in [-0.4, -0.2) is 33.9 Å². The van der Waals surface area contributed by atoms with Crippen molar-refractivity contribution in [3.05, 3.63) is 40.8 Å². The Morgan fingerprint density at radius 1 is 1.31 bits per heavy atom. The number of carbonyl (C=O) groups is 1. The molecule has 1 saturated heterocycles. The Morgan fingerprint density at radius 3 is 2.92 bits per heavy atom. The van der Waals surface area contributed by atoms with E-state index in [0.717, 1.165) is 30.0 Å². The van der Waals surface area contributed by atoms with E-state index in [1.165, 1.54) is 16.2 Å². The van der Waals surface area contributed by atoms with E-state index in [-0.39, 0.29) is 11.8 Å². The highest BCUT2D eigenvalue weighted by molar-refractivity contribution is 7.17. The van der Waals surface area contributed by atoms with Crippen molar-refractivity contribution < 1.29 is 4.79 Å². The largest absolute Gasteiger partial charge is 0.340 e. The highest BCUT2D eigenvalue weighted by atomic mass is 32.1. The number of carbonyl (C=O) groups excluding carboxylic acids is 1. The number of nitrogens with one attached hydrogen (secondary N) is 1. The number of aromatic nitrogens is 3. The normalized spacial score (nSPS) is 17.3. The van der Waals surface area contributed by atoms with E-state index in [4.69, 9.17) is 0 Å². The second kappa shape index (κ2) is 7.51. The maximum Gasteiger partial charge on any atom is 0.231 e. The second-order valence-corrected chi connectivity index (χ2v) is 8.42. The maximum atomic E-state index is 12.7. The molecular weight excluding hydrogens is 366 g/mol. The summed E-state index contributed by atoms with van der Waals surface area (Å²) < 4.78 is 0. The molecule has 26 heavy (non-hydrogen) atoms. The van der Waals surface area contributed by atoms with Crippen molar-refractivity contribution in [3.8, 4) is 10.6 Å². The van der Waals surface area contributed by atoms with Crippen LogP contribution in [0.5, 0.6) is 0 Å². The molecule has 3 aromatic rings. The number of rotatable bonds is 4. The van der Waals surface area contributed by atoms with Gasteiger partial charge in [0.15, 0.2) is 5.13 Å². The van der Waals surface area contributed by atoms with E-state index in [2.05, 4.69) is 44.2 Å². The van der Waals surface area contributed by atoms with Gasteiger partial charge >= 0.3 is 0 Å². The summed E-state index contributed by atoms with van der Waals surface area (Å²) >= 11 is 3.18. The lowest BCUT2D eigenvalue weighted by molar-refractivity contribution is -0.120. The lowest BCUT2D eigenvalue weighted by atomic mass is 9.97. The Hall–Kier alpha value is -2.32. The van der Waals surface area contributed by atoms with E-state index in [1.54, 1.807) is 29.8 Å². The molecule has 4 rings (SSSR count). The molecule has 1 atom stereocenters. The number of thiophene rings is 1. The van der Waals surface area contributed by atoms with Gasteiger partial charge in [-0.25, -0.2) is 15.0 Å². The van der Waals surface area contributed by atoms with Crippen LogP contribution in [0.15, 0.2) is 36.0 Å². The van der Waals surface area contributed by atoms with Crippen LogP contribution in [0.4, 0.5) is 11.1 Å². The molecule has 1 aliphatic rings. The molecule has 1 aliphatic heterocycles. The average molecular weight is 386 g/mol. The quantitative estimate of drug-likeness (QED) is 0.739. The highest BCUT2D eigenvalue weighted by Gasteiger charge is 2.27. The summed E-state index contributed by atoms with van der Waals surface area (Å²) in [5, 5.41) is 5.63. The minimum atomic E-state index is -0.0797. The molecular formula is C18H19N5OS2. The second-order valence-electron chi connectivity index (χ2n) is 6.27. The Kier molecular flexibility index (Phi) is 4.94. The Bertz CT molecular complexity index is 892. The number of hydrogen-bond acceptors (Lipinski definition) is 7. The van der Waals surface area contributed by atoms with Gasteiger partial charge in [0.1, 0.15) is 0 Å². The number of hydrogen-bond donors (Lipinski definition) is 1. The fourth-order valence-electron chi connectivity index (χ4n) is 3.05. The highest BCUT2D eigenvalue weighted by Crippen LogP contribution is 2.31. The zero-order valence-corrected chi connectivity index (χ0v) is 16.0. The summed E-state index contributed by atoms with van der Waals surface area (Å²) in [6, 6.07) is 5.95. The van der Waals surface area contributed by atoms with E-state index >= 15 is 0 Å². The molecule has 0 saturated carbocycles. The van der Waals surface area contributed by atoms with Crippen molar-refractivity contribution in [2.45, 2.75) is 19.8 Å². The fourth-order valence-corrected chi connectivity index (χ4v) is 4.67. The van der Waals surface area contributed by atoms with Crippen LogP contribution < -0.4 is 10.2 Å². The van der Waals surface area contributed by atoms with Gasteiger partial charge in [-0.1, -0.05) is 0 Å². The number of aryl methyl sites for hydroxylation is 1. The number of anilines is 2. The summed E-state index contributed by atoms with van der Waals surface area (Å²) in [5.74, 6) is 0.632. The molecule has 0 spiro atoms. The number of amides is 1. The monoisotopic (exact) mass is 385 g/mol. The minimum Gasteiger partial charge on any atom is -0.340 e. The molecule has 0 unspecified atom stereocenters. The van der Waals surface area contributed by atoms with Crippen molar-refractivity contribution in [2.75, 3.05) is 23.3 Å². The zero-order valence-electron chi connectivity index (χ0n) is 14.4. The van der Waals surface area contributed by atoms with Crippen LogP contribution in [0.2, 0.25) is 0 Å². The van der Waals surface area contributed by atoms with Gasteiger partial charge in [0.05, 0.1) is 16.5 Å². The maximum absolute atomic E-state index is 12.7. The SMILES string of the molecule is Cc1ccc(-c2csc(NC(=O)[C@@H]3CCCN(c4ncccn4)C3)n2)s1. The number of thiazole rings is 1. The predicted molar refractivity (Wildman–Crippen MR) is 106 cm³/mol. The Labute approximate surface area is 160 Å². The van der Waals surface area contributed by atoms with Crippen LogP contribution in [0.3, 0.4) is 0 Å². The first-order chi connectivity index (χ1) is 12.7. The first kappa shape index (κ1) is 17.1. The van der Waals surface area contributed by atoms with Crippen LogP contribution in [0.1, 0.15) is 17.7 Å². The van der Waals surface area contributed by atoms with Crippen LogP contribution in [0.25, 0.3) is 10.6 Å². The van der Waals surface area contributed by atoms with Crippen LogP contribution in [0, 0.1) is 12.8 Å². The summed E-state index contributed by atoms with van der Waals surface area (Å²) in [4.78, 5) is 30.3. The van der Waals surface area contributed by atoms with Gasteiger partial charge in [-0.3, -0.25) is 4.79 Å². The van der Waals surface area contributed by atoms with Crippen molar-refractivity contribution in [2.24, 2.45) is 5.92 Å². The summed E-state index contributed by atoms with van der Waals surface area (Å²) in [7, 11) is 0. The molecule has 3 aromatic heterocycles. The molecule has 1 N–H and O–H groups in total. The molecule has 0 bridgehead atoms. The van der Waals surface area contributed by atoms with Crippen molar-refractivity contribution in [1.82, 2.24) is 15.0 Å². The third kappa shape index (κ3) is 3.76. The van der Waals surface area contributed by atoms with Gasteiger partial charge in [0.2, 0.25) is 11.9 Å². The zero-order chi connectivity index (χ0) is 17.9. The lowest BCUT2D eigenvalue weighted by Crippen LogP contribution is -2.41. The lowest BCUT2D eigenvalue weighted by Gasteiger charge is -2.31. The van der Waals surface area contributed by atoms with E-state index in [0.29, 0.717) is 17.6 Å². The van der Waals surface area contributed by atoms with Crippen LogP contribution >= 0.6 is 22.7 Å². The molecule has 1 fully saturated rings. The number of piperidine rings is 1. The topological polar surface area (TPSA) is 71.0 Å². The smallest absolute Gasteiger partial charge is 0.231 e. The van der Waals surface area contributed by atoms with Crippen molar-refractivity contribution in [1.29, 1.82) is 0 Å². The first-order valence-corrected chi connectivity index (χ1v) is 10.2. The molecule has 1 amide bonds. The molecule has 6 nitrogen and oxygen atoms in total. The summed E-state index contributed by atoms with van der Waals surface area (Å²) in [6.45, 7) is 3.60.